The van der Waals surface area contributed by atoms with Crippen molar-refractivity contribution >= 4 is 52.4 Å². The number of aliphatic carboxylic acids is 1. The van der Waals surface area contributed by atoms with Gasteiger partial charge in [0.2, 0.25) is 29.5 Å². The number of nitrogens with two attached hydrogens (primary N) is 5. The summed E-state index contributed by atoms with van der Waals surface area (Å²) in [4.78, 5) is 80.4. The number of nitrogens with zero attached hydrogens (tertiary/aromatic N) is 1. The number of guanidine groups is 1. The fraction of sp³-hybridized carbons (Fsp3) is 0.400. The number of benzene rings is 1. The molecule has 4 unspecified atom stereocenters. The first-order chi connectivity index (χ1) is 19.8. The molecule has 0 aliphatic carbocycles. The van der Waals surface area contributed by atoms with E-state index < -0.39 is 72.5 Å². The van der Waals surface area contributed by atoms with Crippen LogP contribution in [0, 0.1) is 0 Å². The topological polar surface area (TPSA) is 317 Å². The minimum atomic E-state index is -1.65. The second kappa shape index (κ2) is 15.6. The van der Waals surface area contributed by atoms with E-state index in [1.165, 1.54) is 0 Å². The Labute approximate surface area is 240 Å². The molecule has 228 valence electrons. The van der Waals surface area contributed by atoms with E-state index in [0.717, 1.165) is 10.9 Å². The van der Waals surface area contributed by atoms with Crippen molar-refractivity contribution in [2.24, 2.45) is 33.7 Å². The number of carboxylic acids is 1. The van der Waals surface area contributed by atoms with Crippen LogP contribution in [0.3, 0.4) is 0 Å². The Bertz CT molecular complexity index is 1340. The smallest absolute Gasteiger partial charge is 0.326 e. The monoisotopic (exact) mass is 588 g/mol. The molecule has 0 aliphatic rings. The van der Waals surface area contributed by atoms with Crippen molar-refractivity contribution in [2.45, 2.75) is 56.3 Å². The van der Waals surface area contributed by atoms with Crippen LogP contribution in [0.15, 0.2) is 35.5 Å². The Kier molecular flexibility index (Phi) is 12.2. The second-order valence-electron chi connectivity index (χ2n) is 9.48. The molecule has 0 radical (unpaired) electrons. The summed E-state index contributed by atoms with van der Waals surface area (Å²) in [5.41, 5.74) is 28.1. The van der Waals surface area contributed by atoms with Crippen LogP contribution in [0.25, 0.3) is 10.9 Å². The third-order valence-corrected chi connectivity index (χ3v) is 6.09. The van der Waals surface area contributed by atoms with Crippen molar-refractivity contribution in [2.75, 3.05) is 6.54 Å². The predicted octanol–water partition coefficient (Wildman–Crippen LogP) is -3.62. The van der Waals surface area contributed by atoms with E-state index in [2.05, 4.69) is 25.9 Å². The second-order valence-corrected chi connectivity index (χ2v) is 9.48. The van der Waals surface area contributed by atoms with Gasteiger partial charge in [-0.25, -0.2) is 4.79 Å². The van der Waals surface area contributed by atoms with Gasteiger partial charge in [-0.3, -0.25) is 29.0 Å². The highest BCUT2D eigenvalue weighted by atomic mass is 16.4. The number of amides is 5. The van der Waals surface area contributed by atoms with Crippen LogP contribution >= 0.6 is 0 Å². The zero-order chi connectivity index (χ0) is 31.4. The molecule has 15 N–H and O–H groups in total. The van der Waals surface area contributed by atoms with Crippen LogP contribution in [0.4, 0.5) is 0 Å². The van der Waals surface area contributed by atoms with Crippen LogP contribution in [0.5, 0.6) is 0 Å². The zero-order valence-electron chi connectivity index (χ0n) is 22.7. The first kappa shape index (κ1) is 33.0. The number of nitrogens with one attached hydrogen (secondary N) is 4. The SMILES string of the molecule is NC(=O)CC(N)C(=O)NC(Cc1c[nH]c2ccccc12)C(=O)NC(CCCN=C(N)N)C(=O)NC(CC(N)=O)C(=O)O. The van der Waals surface area contributed by atoms with Gasteiger partial charge in [-0.1, -0.05) is 18.2 Å². The van der Waals surface area contributed by atoms with Gasteiger partial charge in [-0.15, -0.1) is 0 Å². The molecule has 17 heteroatoms. The van der Waals surface area contributed by atoms with Crippen LogP contribution in [-0.4, -0.2) is 82.3 Å². The van der Waals surface area contributed by atoms with Gasteiger partial charge in [0, 0.05) is 30.1 Å². The highest BCUT2D eigenvalue weighted by Crippen LogP contribution is 2.19. The standard InChI is InChI=1S/C25H36N10O7/c26-14(9-19(27)36)21(38)34-17(8-12-11-32-15-5-2-1-4-13(12)15)23(40)33-16(6-3-7-31-25(29)30)22(39)35-18(24(41)42)10-20(28)37/h1-2,4-5,11,14,16-18,32H,3,6-10,26H2,(H2,27,36)(H2,28,37)(H,33,40)(H,34,38)(H,35,39)(H,41,42)(H4,29,30,31). The van der Waals surface area contributed by atoms with Crippen LogP contribution in [0.1, 0.15) is 31.2 Å². The molecule has 0 saturated heterocycles. The summed E-state index contributed by atoms with van der Waals surface area (Å²) in [6.45, 7) is 0.0864. The Morgan fingerprint density at radius 1 is 0.833 bits per heavy atom. The normalized spacial score (nSPS) is 13.6. The highest BCUT2D eigenvalue weighted by molar-refractivity contribution is 5.96. The maximum Gasteiger partial charge on any atom is 0.326 e. The average molecular weight is 589 g/mol. The molecule has 0 spiro atoms. The first-order valence-corrected chi connectivity index (χ1v) is 12.8. The molecule has 1 aromatic heterocycles. The molecule has 0 fully saturated rings. The molecule has 5 amide bonds. The Balaban J connectivity index is 2.33. The fourth-order valence-corrected chi connectivity index (χ4v) is 4.04. The van der Waals surface area contributed by atoms with E-state index in [1.54, 1.807) is 12.3 Å². The summed E-state index contributed by atoms with van der Waals surface area (Å²) < 4.78 is 0. The molecule has 1 aromatic carbocycles. The van der Waals surface area contributed by atoms with Gasteiger partial charge in [0.05, 0.1) is 18.9 Å². The van der Waals surface area contributed by atoms with Crippen molar-refractivity contribution in [3.63, 3.8) is 0 Å². The molecule has 0 bridgehead atoms. The van der Waals surface area contributed by atoms with Crippen molar-refractivity contribution in [1.82, 2.24) is 20.9 Å². The minimum Gasteiger partial charge on any atom is -0.480 e. The van der Waals surface area contributed by atoms with E-state index in [0.29, 0.717) is 5.56 Å². The largest absolute Gasteiger partial charge is 0.480 e. The third-order valence-electron chi connectivity index (χ3n) is 6.09. The lowest BCUT2D eigenvalue weighted by Gasteiger charge is -2.25. The molecule has 0 aliphatic heterocycles. The number of aromatic nitrogens is 1. The van der Waals surface area contributed by atoms with Crippen molar-refractivity contribution in [3.8, 4) is 0 Å². The number of H-pyrrole nitrogens is 1. The minimum absolute atomic E-state index is 0.0490. The number of hydrogen-bond acceptors (Lipinski definition) is 8. The zero-order valence-corrected chi connectivity index (χ0v) is 22.7. The van der Waals surface area contributed by atoms with E-state index in [4.69, 9.17) is 28.7 Å². The Hall–Kier alpha value is -5.19. The number of primary amides is 2. The maximum atomic E-state index is 13.5. The van der Waals surface area contributed by atoms with Crippen molar-refractivity contribution < 1.29 is 33.9 Å². The summed E-state index contributed by atoms with van der Waals surface area (Å²) in [6, 6.07) is 1.61. The summed E-state index contributed by atoms with van der Waals surface area (Å²) in [7, 11) is 0. The fourth-order valence-electron chi connectivity index (χ4n) is 4.04. The first-order valence-electron chi connectivity index (χ1n) is 12.8. The van der Waals surface area contributed by atoms with E-state index in [1.807, 2.05) is 18.2 Å². The number of aromatic amines is 1. The molecular weight excluding hydrogens is 552 g/mol. The number of fused-ring (bicyclic) bond motifs is 1. The number of aliphatic imine (C=N–C) groups is 1. The van der Waals surface area contributed by atoms with Crippen molar-refractivity contribution in [3.05, 3.63) is 36.0 Å². The van der Waals surface area contributed by atoms with Gasteiger partial charge in [0.25, 0.3) is 0 Å². The lowest BCUT2D eigenvalue weighted by atomic mass is 10.0. The van der Waals surface area contributed by atoms with Crippen LogP contribution in [-0.2, 0) is 35.2 Å². The summed E-state index contributed by atoms with van der Waals surface area (Å²) >= 11 is 0. The Morgan fingerprint density at radius 3 is 2.05 bits per heavy atom. The summed E-state index contributed by atoms with van der Waals surface area (Å²) in [5, 5.41) is 17.4. The van der Waals surface area contributed by atoms with Gasteiger partial charge >= 0.3 is 5.97 Å². The lowest BCUT2D eigenvalue weighted by molar-refractivity contribution is -0.143. The number of rotatable bonds is 17. The predicted molar refractivity (Wildman–Crippen MR) is 151 cm³/mol. The summed E-state index contributed by atoms with van der Waals surface area (Å²) in [6.07, 6.45) is 0.582. The number of para-hydroxylation sites is 1. The van der Waals surface area contributed by atoms with Crippen LogP contribution in [0.2, 0.25) is 0 Å². The van der Waals surface area contributed by atoms with E-state index in [9.17, 15) is 33.9 Å². The molecule has 42 heavy (non-hydrogen) atoms. The highest BCUT2D eigenvalue weighted by Gasteiger charge is 2.31. The van der Waals surface area contributed by atoms with Crippen molar-refractivity contribution in [1.29, 1.82) is 0 Å². The third kappa shape index (κ3) is 10.4. The molecule has 2 aromatic rings. The Morgan fingerprint density at radius 2 is 1.43 bits per heavy atom. The van der Waals surface area contributed by atoms with E-state index >= 15 is 0 Å². The molecule has 1 heterocycles. The number of carboxylic acid groups (broad SMARTS) is 1. The van der Waals surface area contributed by atoms with Gasteiger partial charge < -0.3 is 54.7 Å². The molecule has 17 nitrogen and oxygen atoms in total. The molecule has 4 atom stereocenters. The quantitative estimate of drug-likeness (QED) is 0.0491. The molecule has 0 saturated carbocycles. The maximum absolute atomic E-state index is 13.5. The summed E-state index contributed by atoms with van der Waals surface area (Å²) in [5.74, 6) is -6.08. The molecule has 2 rings (SSSR count). The lowest BCUT2D eigenvalue weighted by Crippen LogP contribution is -2.58. The number of hydrogen-bond donors (Lipinski definition) is 10. The van der Waals surface area contributed by atoms with Gasteiger partial charge in [-0.05, 0) is 24.5 Å². The molecular formula is C25H36N10O7. The van der Waals surface area contributed by atoms with Gasteiger partial charge in [0.1, 0.15) is 18.1 Å². The number of carbonyl (C=O) groups excluding carboxylic acids is 5. The van der Waals surface area contributed by atoms with Gasteiger partial charge in [0.15, 0.2) is 5.96 Å². The van der Waals surface area contributed by atoms with E-state index in [-0.39, 0.29) is 31.8 Å². The van der Waals surface area contributed by atoms with Crippen LogP contribution < -0.4 is 44.6 Å². The van der Waals surface area contributed by atoms with Gasteiger partial charge in [-0.2, -0.15) is 0 Å². The average Bonchev–Trinajstić information content (AvgIpc) is 3.31. The number of carbonyl (C=O) groups is 6.